The minimum absolute atomic E-state index is 0.190. The monoisotopic (exact) mass is 291 g/mol. The van der Waals surface area contributed by atoms with Crippen molar-refractivity contribution < 1.29 is 5.11 Å². The minimum atomic E-state index is 0.190. The molecule has 4 heteroatoms. The number of nitrogens with zero attached hydrogens (tertiary/aromatic N) is 1. The van der Waals surface area contributed by atoms with Gasteiger partial charge in [0, 0.05) is 5.33 Å². The average molecular weight is 293 g/mol. The van der Waals surface area contributed by atoms with Gasteiger partial charge in [0.05, 0.1) is 0 Å². The molecule has 0 saturated heterocycles. The Kier molecular flexibility index (Phi) is 3.75. The van der Waals surface area contributed by atoms with Crippen molar-refractivity contribution >= 4 is 37.9 Å². The van der Waals surface area contributed by atoms with Crippen molar-refractivity contribution in [2.75, 3.05) is 5.33 Å². The van der Waals surface area contributed by atoms with E-state index in [1.807, 2.05) is 6.08 Å². The lowest BCUT2D eigenvalue weighted by Crippen LogP contribution is -1.82. The molecule has 1 rings (SSSR count). The summed E-state index contributed by atoms with van der Waals surface area (Å²) >= 11 is 6.46. The molecule has 0 bridgehead atoms. The van der Waals surface area contributed by atoms with Crippen LogP contribution in [0.4, 0.5) is 0 Å². The second kappa shape index (κ2) is 4.62. The molecule has 0 aliphatic carbocycles. The van der Waals surface area contributed by atoms with Gasteiger partial charge in [-0.25, -0.2) is 4.98 Å². The Morgan fingerprint density at radius 3 is 2.92 bits per heavy atom. The fraction of sp³-hybridized carbons (Fsp3) is 0.125. The van der Waals surface area contributed by atoms with E-state index in [0.717, 1.165) is 9.93 Å². The van der Waals surface area contributed by atoms with Crippen LogP contribution < -0.4 is 0 Å². The Bertz CT molecular complexity index is 299. The van der Waals surface area contributed by atoms with Crippen LogP contribution in [0, 0.1) is 0 Å². The summed E-state index contributed by atoms with van der Waals surface area (Å²) in [5.74, 6) is 0.190. The van der Waals surface area contributed by atoms with Crippen LogP contribution in [0.15, 0.2) is 22.8 Å². The van der Waals surface area contributed by atoms with Crippen molar-refractivity contribution in [2.45, 2.75) is 0 Å². The summed E-state index contributed by atoms with van der Waals surface area (Å²) in [6.07, 6.45) is 3.63. The third-order valence-electron chi connectivity index (χ3n) is 1.23. The zero-order valence-corrected chi connectivity index (χ0v) is 9.34. The minimum Gasteiger partial charge on any atom is -0.506 e. The summed E-state index contributed by atoms with van der Waals surface area (Å²) in [4.78, 5) is 4.07. The molecule has 0 aromatic carbocycles. The smallest absolute Gasteiger partial charge is 0.141 e. The van der Waals surface area contributed by atoms with Crippen LogP contribution >= 0.6 is 31.9 Å². The summed E-state index contributed by atoms with van der Waals surface area (Å²) in [7, 11) is 0. The highest BCUT2D eigenvalue weighted by atomic mass is 79.9. The molecule has 64 valence electrons. The molecule has 0 unspecified atom stereocenters. The van der Waals surface area contributed by atoms with Crippen molar-refractivity contribution in [3.63, 3.8) is 0 Å². The van der Waals surface area contributed by atoms with Crippen LogP contribution in [-0.4, -0.2) is 15.4 Å². The van der Waals surface area contributed by atoms with E-state index in [1.165, 1.54) is 0 Å². The Hall–Kier alpha value is -0.350. The van der Waals surface area contributed by atoms with Gasteiger partial charge in [0.1, 0.15) is 16.0 Å². The van der Waals surface area contributed by atoms with E-state index in [1.54, 1.807) is 18.2 Å². The second-order valence-electron chi connectivity index (χ2n) is 2.10. The number of hydrogen-bond donors (Lipinski definition) is 1. The molecule has 0 aliphatic rings. The molecular weight excluding hydrogens is 286 g/mol. The van der Waals surface area contributed by atoms with Crippen molar-refractivity contribution in [2.24, 2.45) is 0 Å². The topological polar surface area (TPSA) is 33.1 Å². The summed E-state index contributed by atoms with van der Waals surface area (Å²) in [6.45, 7) is 0. The van der Waals surface area contributed by atoms with Crippen LogP contribution in [-0.2, 0) is 0 Å². The van der Waals surface area contributed by atoms with E-state index in [4.69, 9.17) is 0 Å². The van der Waals surface area contributed by atoms with Crippen LogP contribution in [0.5, 0.6) is 5.75 Å². The first-order valence-electron chi connectivity index (χ1n) is 3.32. The lowest BCUT2D eigenvalue weighted by Gasteiger charge is -1.97. The van der Waals surface area contributed by atoms with Gasteiger partial charge < -0.3 is 5.11 Å². The molecule has 0 radical (unpaired) electrons. The highest BCUT2D eigenvalue weighted by molar-refractivity contribution is 9.10. The number of rotatable bonds is 2. The SMILES string of the molecule is Oc1ccc(Br)nc1C=CCBr. The van der Waals surface area contributed by atoms with Gasteiger partial charge in [-0.05, 0) is 34.1 Å². The number of hydrogen-bond acceptors (Lipinski definition) is 2. The molecule has 0 spiro atoms. The molecule has 2 nitrogen and oxygen atoms in total. The molecule has 12 heavy (non-hydrogen) atoms. The van der Waals surface area contributed by atoms with Gasteiger partial charge >= 0.3 is 0 Å². The van der Waals surface area contributed by atoms with Crippen LogP contribution in [0.1, 0.15) is 5.69 Å². The van der Waals surface area contributed by atoms with E-state index in [-0.39, 0.29) is 5.75 Å². The van der Waals surface area contributed by atoms with E-state index >= 15 is 0 Å². The van der Waals surface area contributed by atoms with Crippen LogP contribution in [0.25, 0.3) is 6.08 Å². The summed E-state index contributed by atoms with van der Waals surface area (Å²) < 4.78 is 0.717. The third kappa shape index (κ3) is 2.60. The lowest BCUT2D eigenvalue weighted by molar-refractivity contribution is 0.471. The van der Waals surface area contributed by atoms with Crippen molar-refractivity contribution in [1.29, 1.82) is 0 Å². The number of pyridine rings is 1. The first kappa shape index (κ1) is 9.74. The number of aromatic hydroxyl groups is 1. The van der Waals surface area contributed by atoms with Crippen molar-refractivity contribution in [1.82, 2.24) is 4.98 Å². The van der Waals surface area contributed by atoms with Gasteiger partial charge in [-0.1, -0.05) is 22.0 Å². The summed E-state index contributed by atoms with van der Waals surface area (Å²) in [6, 6.07) is 3.30. The van der Waals surface area contributed by atoms with E-state index in [2.05, 4.69) is 36.8 Å². The Morgan fingerprint density at radius 1 is 1.50 bits per heavy atom. The Labute approximate surface area is 87.6 Å². The fourth-order valence-corrected chi connectivity index (χ4v) is 1.23. The van der Waals surface area contributed by atoms with Gasteiger partial charge in [0.2, 0.25) is 0 Å². The maximum atomic E-state index is 9.31. The van der Waals surface area contributed by atoms with Gasteiger partial charge in [-0.2, -0.15) is 0 Å². The molecule has 0 saturated carbocycles. The Balaban J connectivity index is 2.97. The average Bonchev–Trinajstić information content (AvgIpc) is 2.07. The molecule has 0 atom stereocenters. The highest BCUT2D eigenvalue weighted by Gasteiger charge is 1.98. The molecule has 1 N–H and O–H groups in total. The predicted molar refractivity (Wildman–Crippen MR) is 56.4 cm³/mol. The van der Waals surface area contributed by atoms with E-state index < -0.39 is 0 Å². The lowest BCUT2D eigenvalue weighted by atomic mass is 10.3. The molecule has 1 aromatic heterocycles. The van der Waals surface area contributed by atoms with Gasteiger partial charge in [0.15, 0.2) is 0 Å². The van der Waals surface area contributed by atoms with E-state index in [9.17, 15) is 5.11 Å². The largest absolute Gasteiger partial charge is 0.506 e. The zero-order valence-electron chi connectivity index (χ0n) is 6.17. The fourth-order valence-electron chi connectivity index (χ4n) is 0.722. The first-order valence-corrected chi connectivity index (χ1v) is 5.23. The van der Waals surface area contributed by atoms with Gasteiger partial charge in [0.25, 0.3) is 0 Å². The van der Waals surface area contributed by atoms with Crippen molar-refractivity contribution in [3.8, 4) is 5.75 Å². The highest BCUT2D eigenvalue weighted by Crippen LogP contribution is 2.18. The van der Waals surface area contributed by atoms with E-state index in [0.29, 0.717) is 5.69 Å². The Morgan fingerprint density at radius 2 is 2.25 bits per heavy atom. The zero-order chi connectivity index (χ0) is 8.97. The van der Waals surface area contributed by atoms with Crippen LogP contribution in [0.2, 0.25) is 0 Å². The van der Waals surface area contributed by atoms with Gasteiger partial charge in [-0.3, -0.25) is 0 Å². The standard InChI is InChI=1S/C8H7Br2NO/c9-5-1-2-6-7(12)3-4-8(10)11-6/h1-4,12H,5H2. The summed E-state index contributed by atoms with van der Waals surface area (Å²) in [5.41, 5.74) is 0.573. The molecule has 0 amide bonds. The number of aromatic nitrogens is 1. The first-order chi connectivity index (χ1) is 5.74. The molecular formula is C8H7Br2NO. The van der Waals surface area contributed by atoms with Gasteiger partial charge in [-0.15, -0.1) is 0 Å². The number of halogens is 2. The van der Waals surface area contributed by atoms with Crippen LogP contribution in [0.3, 0.4) is 0 Å². The van der Waals surface area contributed by atoms with Crippen molar-refractivity contribution in [3.05, 3.63) is 28.5 Å². The predicted octanol–water partition coefficient (Wildman–Crippen LogP) is 2.96. The maximum absolute atomic E-state index is 9.31. The maximum Gasteiger partial charge on any atom is 0.141 e. The molecule has 1 heterocycles. The third-order valence-corrected chi connectivity index (χ3v) is 2.05. The number of allylic oxidation sites excluding steroid dienone is 1. The quantitative estimate of drug-likeness (QED) is 0.671. The molecule has 0 fully saturated rings. The normalized spacial score (nSPS) is 10.8. The molecule has 0 aliphatic heterocycles. The summed E-state index contributed by atoms with van der Waals surface area (Å²) in [5, 5.41) is 10.1. The molecule has 1 aromatic rings. The second-order valence-corrected chi connectivity index (χ2v) is 3.55. The number of alkyl halides is 1.